The standard InChI is InChI=1S/C69H42N4O2/c1-4-17-43(18-5-1)47-33-36-60-57(41-47)54-27-10-12-31-59(54)73(60)65-52(35-38-63-64(65)56-28-11-13-32-61(56)74-63)49-24-14-23-46(39-49)48-34-37-62-58(42-48)55-30-16-29-53(66(55)75-62)50-25-15-26-51(40-50)69-71-67(44-19-6-2-7-20-44)70-68(72-69)45-21-8-3-9-22-45/h1-42H. The molecule has 4 heterocycles. The number of furan rings is 2. The Balaban J connectivity index is 0.849. The van der Waals surface area contributed by atoms with Crippen LogP contribution in [-0.2, 0) is 0 Å². The topological polar surface area (TPSA) is 69.9 Å². The Kier molecular flexibility index (Phi) is 9.78. The summed E-state index contributed by atoms with van der Waals surface area (Å²) in [5.74, 6) is 1.85. The van der Waals surface area contributed by atoms with Crippen LogP contribution >= 0.6 is 0 Å². The van der Waals surface area contributed by atoms with Crippen LogP contribution in [0, 0.1) is 0 Å². The number of benzene rings is 11. The van der Waals surface area contributed by atoms with Gasteiger partial charge in [-0.15, -0.1) is 0 Å². The molecular weight excluding hydrogens is 917 g/mol. The average molecular weight is 959 g/mol. The lowest BCUT2D eigenvalue weighted by atomic mass is 9.95. The highest BCUT2D eigenvalue weighted by atomic mass is 16.3. The minimum absolute atomic E-state index is 0.603. The zero-order valence-corrected chi connectivity index (χ0v) is 40.4. The molecule has 0 fully saturated rings. The maximum absolute atomic E-state index is 6.80. The normalized spacial score (nSPS) is 11.7. The summed E-state index contributed by atoms with van der Waals surface area (Å²) < 4.78 is 15.9. The molecule has 0 unspecified atom stereocenters. The molecule has 4 aromatic heterocycles. The van der Waals surface area contributed by atoms with E-state index in [9.17, 15) is 0 Å². The van der Waals surface area contributed by atoms with Crippen LogP contribution in [-0.4, -0.2) is 19.5 Å². The van der Waals surface area contributed by atoms with Crippen LogP contribution in [0.2, 0.25) is 0 Å². The fourth-order valence-electron chi connectivity index (χ4n) is 11.1. The molecule has 0 radical (unpaired) electrons. The highest BCUT2D eigenvalue weighted by Crippen LogP contribution is 2.45. The van der Waals surface area contributed by atoms with Crippen molar-refractivity contribution >= 4 is 65.7 Å². The van der Waals surface area contributed by atoms with E-state index in [1.54, 1.807) is 0 Å². The molecule has 15 aromatic rings. The van der Waals surface area contributed by atoms with Gasteiger partial charge < -0.3 is 13.4 Å². The Morgan fingerprint density at radius 1 is 0.267 bits per heavy atom. The molecule has 0 aliphatic heterocycles. The van der Waals surface area contributed by atoms with Crippen LogP contribution in [0.15, 0.2) is 264 Å². The maximum atomic E-state index is 6.80. The van der Waals surface area contributed by atoms with E-state index in [4.69, 9.17) is 23.8 Å². The van der Waals surface area contributed by atoms with Crippen LogP contribution in [0.1, 0.15) is 0 Å². The van der Waals surface area contributed by atoms with Gasteiger partial charge in [0.1, 0.15) is 22.3 Å². The Morgan fingerprint density at radius 3 is 1.52 bits per heavy atom. The summed E-state index contributed by atoms with van der Waals surface area (Å²) in [6.07, 6.45) is 0. The number of hydrogen-bond donors (Lipinski definition) is 0. The van der Waals surface area contributed by atoms with Gasteiger partial charge in [0.15, 0.2) is 17.5 Å². The Morgan fingerprint density at radius 2 is 0.760 bits per heavy atom. The first kappa shape index (κ1) is 42.5. The molecule has 350 valence electrons. The molecule has 0 amide bonds. The maximum Gasteiger partial charge on any atom is 0.164 e. The summed E-state index contributed by atoms with van der Waals surface area (Å²) in [4.78, 5) is 15.0. The number of hydrogen-bond acceptors (Lipinski definition) is 5. The van der Waals surface area contributed by atoms with Gasteiger partial charge in [-0.25, -0.2) is 15.0 Å². The van der Waals surface area contributed by atoms with Crippen LogP contribution < -0.4 is 0 Å². The molecule has 0 bridgehead atoms. The lowest BCUT2D eigenvalue weighted by Gasteiger charge is -2.17. The summed E-state index contributed by atoms with van der Waals surface area (Å²) in [6.45, 7) is 0. The van der Waals surface area contributed by atoms with Gasteiger partial charge in [-0.2, -0.15) is 0 Å². The van der Waals surface area contributed by atoms with Crippen molar-refractivity contribution in [3.8, 4) is 84.4 Å². The van der Waals surface area contributed by atoms with Crippen molar-refractivity contribution in [2.45, 2.75) is 0 Å². The molecule has 0 saturated carbocycles. The summed E-state index contributed by atoms with van der Waals surface area (Å²) in [7, 11) is 0. The van der Waals surface area contributed by atoms with Crippen molar-refractivity contribution in [3.05, 3.63) is 255 Å². The predicted octanol–water partition coefficient (Wildman–Crippen LogP) is 18.4. The zero-order valence-electron chi connectivity index (χ0n) is 40.4. The number of nitrogens with zero attached hydrogens (tertiary/aromatic N) is 4. The first-order valence-corrected chi connectivity index (χ1v) is 25.2. The third kappa shape index (κ3) is 7.14. The average Bonchev–Trinajstić information content (AvgIpc) is 4.24. The summed E-state index contributed by atoms with van der Waals surface area (Å²) >= 11 is 0. The van der Waals surface area contributed by atoms with Crippen molar-refractivity contribution in [2.24, 2.45) is 0 Å². The third-order valence-corrected chi connectivity index (χ3v) is 14.7. The van der Waals surface area contributed by atoms with Crippen molar-refractivity contribution in [2.75, 3.05) is 0 Å². The largest absolute Gasteiger partial charge is 0.456 e. The second kappa shape index (κ2) is 17.3. The van der Waals surface area contributed by atoms with Crippen LogP contribution in [0.3, 0.4) is 0 Å². The van der Waals surface area contributed by atoms with E-state index in [0.29, 0.717) is 17.5 Å². The van der Waals surface area contributed by atoms with Gasteiger partial charge in [-0.1, -0.05) is 194 Å². The van der Waals surface area contributed by atoms with Crippen molar-refractivity contribution in [1.82, 2.24) is 19.5 Å². The van der Waals surface area contributed by atoms with Crippen molar-refractivity contribution in [1.29, 1.82) is 0 Å². The number of fused-ring (bicyclic) bond motifs is 9. The van der Waals surface area contributed by atoms with Gasteiger partial charge in [0.2, 0.25) is 0 Å². The smallest absolute Gasteiger partial charge is 0.164 e. The van der Waals surface area contributed by atoms with E-state index in [-0.39, 0.29) is 0 Å². The molecule has 0 aliphatic carbocycles. The lowest BCUT2D eigenvalue weighted by Crippen LogP contribution is -2.00. The fraction of sp³-hybridized carbons (Fsp3) is 0. The van der Waals surface area contributed by atoms with Crippen LogP contribution in [0.5, 0.6) is 0 Å². The third-order valence-electron chi connectivity index (χ3n) is 14.7. The molecule has 0 saturated heterocycles. The molecule has 6 heteroatoms. The Bertz CT molecular complexity index is 4650. The van der Waals surface area contributed by atoms with Gasteiger partial charge in [-0.05, 0) is 94.0 Å². The number of para-hydroxylation sites is 3. The van der Waals surface area contributed by atoms with E-state index in [1.807, 2.05) is 66.7 Å². The molecule has 6 nitrogen and oxygen atoms in total. The molecule has 0 spiro atoms. The van der Waals surface area contributed by atoms with Gasteiger partial charge in [0.05, 0.1) is 22.1 Å². The van der Waals surface area contributed by atoms with Crippen LogP contribution in [0.4, 0.5) is 0 Å². The van der Waals surface area contributed by atoms with Gasteiger partial charge in [-0.3, -0.25) is 0 Å². The van der Waals surface area contributed by atoms with E-state index in [1.165, 1.54) is 21.9 Å². The minimum Gasteiger partial charge on any atom is -0.456 e. The summed E-state index contributed by atoms with van der Waals surface area (Å²) in [5.41, 5.74) is 18.3. The SMILES string of the molecule is c1ccc(-c2ccc3c(c2)c2ccccc2n3-c2c(-c3cccc(-c4ccc5oc6c(-c7cccc(-c8nc(-c9ccccc9)nc(-c9ccccc9)n8)c7)cccc6c5c4)c3)ccc3oc4ccccc4c23)cc1. The first-order valence-electron chi connectivity index (χ1n) is 25.2. The molecule has 0 atom stereocenters. The van der Waals surface area contributed by atoms with E-state index >= 15 is 0 Å². The highest BCUT2D eigenvalue weighted by Gasteiger charge is 2.23. The Hall–Kier alpha value is -10.2. The van der Waals surface area contributed by atoms with Crippen molar-refractivity contribution in [3.63, 3.8) is 0 Å². The lowest BCUT2D eigenvalue weighted by molar-refractivity contribution is 0.669. The predicted molar refractivity (Wildman–Crippen MR) is 307 cm³/mol. The quantitative estimate of drug-likeness (QED) is 0.152. The van der Waals surface area contributed by atoms with Gasteiger partial charge in [0.25, 0.3) is 0 Å². The van der Waals surface area contributed by atoms with E-state index in [2.05, 4.69) is 193 Å². The second-order valence-electron chi connectivity index (χ2n) is 19.1. The number of aromatic nitrogens is 4. The zero-order chi connectivity index (χ0) is 49.4. The minimum atomic E-state index is 0.603. The van der Waals surface area contributed by atoms with Crippen LogP contribution in [0.25, 0.3) is 150 Å². The summed E-state index contributed by atoms with van der Waals surface area (Å²) in [5, 5.41) is 6.66. The fourth-order valence-corrected chi connectivity index (χ4v) is 11.1. The van der Waals surface area contributed by atoms with E-state index < -0.39 is 0 Å². The summed E-state index contributed by atoms with van der Waals surface area (Å²) in [6, 6.07) is 89.4. The molecule has 0 aliphatic rings. The molecule has 15 rings (SSSR count). The molecule has 0 N–H and O–H groups in total. The highest BCUT2D eigenvalue weighted by molar-refractivity contribution is 6.17. The number of rotatable bonds is 8. The van der Waals surface area contributed by atoms with Crippen molar-refractivity contribution < 1.29 is 8.83 Å². The molecular formula is C69H42N4O2. The molecule has 11 aromatic carbocycles. The molecule has 75 heavy (non-hydrogen) atoms. The second-order valence-corrected chi connectivity index (χ2v) is 19.1. The Labute approximate surface area is 431 Å². The first-order chi connectivity index (χ1) is 37.2. The van der Waals surface area contributed by atoms with E-state index in [0.717, 1.165) is 111 Å². The van der Waals surface area contributed by atoms with Gasteiger partial charge in [0, 0.05) is 54.7 Å². The monoisotopic (exact) mass is 958 g/mol. The van der Waals surface area contributed by atoms with Gasteiger partial charge >= 0.3 is 0 Å².